The fourth-order valence-electron chi connectivity index (χ4n) is 1.79. The normalized spacial score (nSPS) is 13.9. The average Bonchev–Trinajstić information content (AvgIpc) is 2.33. The minimum Gasteiger partial charge on any atom is -0.303 e. The third-order valence-electron chi connectivity index (χ3n) is 2.83. The summed E-state index contributed by atoms with van der Waals surface area (Å²) in [6.45, 7) is 1.99. The Morgan fingerprint density at radius 3 is 2.53 bits per heavy atom. The van der Waals surface area contributed by atoms with Crippen LogP contribution in [-0.2, 0) is 10.2 Å². The summed E-state index contributed by atoms with van der Waals surface area (Å²) in [7, 11) is 0. The summed E-state index contributed by atoms with van der Waals surface area (Å²) in [4.78, 5) is 10.4. The first-order valence-electron chi connectivity index (χ1n) is 5.19. The predicted octanol–water partition coefficient (Wildman–Crippen LogP) is 2.84. The molecule has 0 heterocycles. The van der Waals surface area contributed by atoms with Crippen molar-refractivity contribution in [2.24, 2.45) is 0 Å². The molecule has 0 bridgehead atoms. The van der Waals surface area contributed by atoms with Crippen LogP contribution in [-0.4, -0.2) is 6.29 Å². The number of carbonyl (C=O) groups is 1. The Hall–Kier alpha value is -1.62. The highest BCUT2D eigenvalue weighted by Gasteiger charge is 2.29. The third kappa shape index (κ3) is 2.44. The Morgan fingerprint density at radius 2 is 2.07 bits per heavy atom. The van der Waals surface area contributed by atoms with E-state index >= 15 is 0 Å². The lowest BCUT2D eigenvalue weighted by atomic mass is 9.76. The minimum absolute atomic E-state index is 0.441. The van der Waals surface area contributed by atoms with Crippen molar-refractivity contribution in [3.05, 3.63) is 35.9 Å². The predicted molar refractivity (Wildman–Crippen MR) is 59.3 cm³/mol. The summed E-state index contributed by atoms with van der Waals surface area (Å²) in [5.41, 5.74) is 0.513. The van der Waals surface area contributed by atoms with Crippen molar-refractivity contribution in [3.63, 3.8) is 0 Å². The molecule has 0 amide bonds. The van der Waals surface area contributed by atoms with Gasteiger partial charge in [0.1, 0.15) is 6.29 Å². The molecule has 0 aliphatic heterocycles. The van der Waals surface area contributed by atoms with E-state index in [-0.39, 0.29) is 0 Å². The summed E-state index contributed by atoms with van der Waals surface area (Å²) in [5, 5.41) is 9.29. The van der Waals surface area contributed by atoms with Gasteiger partial charge in [0.05, 0.1) is 11.5 Å². The van der Waals surface area contributed by atoms with Gasteiger partial charge >= 0.3 is 0 Å². The molecule has 15 heavy (non-hydrogen) atoms. The first kappa shape index (κ1) is 11.5. The molecule has 0 radical (unpaired) electrons. The molecule has 2 nitrogen and oxygen atoms in total. The smallest absolute Gasteiger partial charge is 0.120 e. The van der Waals surface area contributed by atoms with Crippen molar-refractivity contribution >= 4 is 6.29 Å². The van der Waals surface area contributed by atoms with Gasteiger partial charge in [-0.05, 0) is 18.4 Å². The third-order valence-corrected chi connectivity index (χ3v) is 2.83. The number of carbonyl (C=O) groups excluding carboxylic acids is 1. The maximum Gasteiger partial charge on any atom is 0.120 e. The van der Waals surface area contributed by atoms with Crippen molar-refractivity contribution in [1.29, 1.82) is 5.26 Å². The van der Waals surface area contributed by atoms with Crippen LogP contribution in [0, 0.1) is 11.3 Å². The second-order valence-electron chi connectivity index (χ2n) is 3.62. The molecule has 1 aromatic rings. The summed E-state index contributed by atoms with van der Waals surface area (Å²) in [6.07, 6.45) is 2.66. The molecule has 0 aromatic heterocycles. The van der Waals surface area contributed by atoms with E-state index in [4.69, 9.17) is 0 Å². The van der Waals surface area contributed by atoms with Crippen LogP contribution < -0.4 is 0 Å². The molecule has 1 aromatic carbocycles. The van der Waals surface area contributed by atoms with Gasteiger partial charge in [-0.1, -0.05) is 37.3 Å². The summed E-state index contributed by atoms with van der Waals surface area (Å²) in [6, 6.07) is 12.1. The van der Waals surface area contributed by atoms with Gasteiger partial charge in [-0.2, -0.15) is 5.26 Å². The molecule has 0 fully saturated rings. The van der Waals surface area contributed by atoms with E-state index in [1.165, 1.54) is 0 Å². The molecule has 1 atom stereocenters. The lowest BCUT2D eigenvalue weighted by molar-refractivity contribution is -0.108. The van der Waals surface area contributed by atoms with Gasteiger partial charge in [-0.15, -0.1) is 0 Å². The van der Waals surface area contributed by atoms with Gasteiger partial charge < -0.3 is 4.79 Å². The van der Waals surface area contributed by atoms with Crippen LogP contribution in [0.15, 0.2) is 30.3 Å². The van der Waals surface area contributed by atoms with Crippen LogP contribution in [0.3, 0.4) is 0 Å². The molecule has 0 saturated heterocycles. The zero-order valence-electron chi connectivity index (χ0n) is 8.94. The molecule has 0 spiro atoms. The van der Waals surface area contributed by atoms with Crippen LogP contribution in [0.25, 0.3) is 0 Å². The second kappa shape index (κ2) is 5.31. The van der Waals surface area contributed by atoms with Crippen molar-refractivity contribution in [2.75, 3.05) is 0 Å². The Bertz CT molecular complexity index is 353. The SMILES string of the molecule is CCC(C#N)(CCC=O)c1ccccc1. The zero-order chi connectivity index (χ0) is 11.1. The van der Waals surface area contributed by atoms with Gasteiger partial charge in [0.15, 0.2) is 0 Å². The molecular weight excluding hydrogens is 186 g/mol. The number of nitrogens with zero attached hydrogens (tertiary/aromatic N) is 1. The monoisotopic (exact) mass is 201 g/mol. The largest absolute Gasteiger partial charge is 0.303 e. The maximum absolute atomic E-state index is 10.4. The van der Waals surface area contributed by atoms with E-state index in [1.807, 2.05) is 37.3 Å². The quantitative estimate of drug-likeness (QED) is 0.687. The van der Waals surface area contributed by atoms with E-state index in [0.29, 0.717) is 12.8 Å². The number of rotatable bonds is 5. The van der Waals surface area contributed by atoms with E-state index < -0.39 is 5.41 Å². The van der Waals surface area contributed by atoms with Crippen molar-refractivity contribution in [2.45, 2.75) is 31.6 Å². The van der Waals surface area contributed by atoms with Crippen LogP contribution in [0.4, 0.5) is 0 Å². The number of aldehydes is 1. The standard InChI is InChI=1S/C13H15NO/c1-2-13(11-14,9-6-10-15)12-7-4-3-5-8-12/h3-5,7-8,10H,2,6,9H2,1H3. The molecule has 0 N–H and O–H groups in total. The van der Waals surface area contributed by atoms with Gasteiger partial charge in [-0.25, -0.2) is 0 Å². The number of benzene rings is 1. The summed E-state index contributed by atoms with van der Waals surface area (Å²) in [5.74, 6) is 0. The number of hydrogen-bond acceptors (Lipinski definition) is 2. The zero-order valence-corrected chi connectivity index (χ0v) is 8.94. The molecule has 0 aliphatic carbocycles. The topological polar surface area (TPSA) is 40.9 Å². The van der Waals surface area contributed by atoms with Gasteiger partial charge in [0.2, 0.25) is 0 Å². The highest BCUT2D eigenvalue weighted by atomic mass is 16.1. The van der Waals surface area contributed by atoms with Crippen molar-refractivity contribution < 1.29 is 4.79 Å². The second-order valence-corrected chi connectivity index (χ2v) is 3.62. The number of hydrogen-bond donors (Lipinski definition) is 0. The first-order valence-corrected chi connectivity index (χ1v) is 5.19. The van der Waals surface area contributed by atoms with Crippen LogP contribution in [0.2, 0.25) is 0 Å². The Kier molecular flexibility index (Phi) is 4.05. The molecule has 2 heteroatoms. The van der Waals surface area contributed by atoms with Crippen LogP contribution >= 0.6 is 0 Å². The summed E-state index contributed by atoms with van der Waals surface area (Å²) < 4.78 is 0. The van der Waals surface area contributed by atoms with Gasteiger partial charge in [0, 0.05) is 6.42 Å². The highest BCUT2D eigenvalue weighted by molar-refractivity contribution is 5.50. The molecule has 0 saturated carbocycles. The molecule has 0 aliphatic rings. The maximum atomic E-state index is 10.4. The minimum atomic E-state index is -0.498. The van der Waals surface area contributed by atoms with Gasteiger partial charge in [-0.3, -0.25) is 0 Å². The van der Waals surface area contributed by atoms with E-state index in [2.05, 4.69) is 6.07 Å². The molecule has 1 unspecified atom stereocenters. The fourth-order valence-corrected chi connectivity index (χ4v) is 1.79. The average molecular weight is 201 g/mol. The number of nitriles is 1. The van der Waals surface area contributed by atoms with Crippen molar-refractivity contribution in [1.82, 2.24) is 0 Å². The van der Waals surface area contributed by atoms with Gasteiger partial charge in [0.25, 0.3) is 0 Å². The first-order chi connectivity index (χ1) is 7.29. The lowest BCUT2D eigenvalue weighted by Crippen LogP contribution is -2.23. The fraction of sp³-hybridized carbons (Fsp3) is 0.385. The highest BCUT2D eigenvalue weighted by Crippen LogP contribution is 2.31. The Morgan fingerprint density at radius 1 is 1.40 bits per heavy atom. The van der Waals surface area contributed by atoms with E-state index in [1.54, 1.807) is 0 Å². The summed E-state index contributed by atoms with van der Waals surface area (Å²) >= 11 is 0. The van der Waals surface area contributed by atoms with Crippen molar-refractivity contribution in [3.8, 4) is 6.07 Å². The lowest BCUT2D eigenvalue weighted by Gasteiger charge is -2.24. The van der Waals surface area contributed by atoms with E-state index in [0.717, 1.165) is 18.3 Å². The molecule has 78 valence electrons. The van der Waals surface area contributed by atoms with Crippen LogP contribution in [0.1, 0.15) is 31.7 Å². The van der Waals surface area contributed by atoms with E-state index in [9.17, 15) is 10.1 Å². The molecule has 1 rings (SSSR count). The molecular formula is C13H15NO. The van der Waals surface area contributed by atoms with Crippen LogP contribution in [0.5, 0.6) is 0 Å². The Labute approximate surface area is 90.5 Å². The Balaban J connectivity index is 3.01.